The highest BCUT2D eigenvalue weighted by Gasteiger charge is 2.30. The topological polar surface area (TPSA) is 50.6 Å². The zero-order valence-electron chi connectivity index (χ0n) is 23.2. The molecule has 0 unspecified atom stereocenters. The van der Waals surface area contributed by atoms with Gasteiger partial charge in [0.15, 0.2) is 0 Å². The minimum atomic E-state index is -0.0797. The number of hydrogen-bond donors (Lipinski definition) is 0. The Morgan fingerprint density at radius 1 is 0.762 bits per heavy atom. The molecule has 212 valence electrons. The summed E-state index contributed by atoms with van der Waals surface area (Å²) < 4.78 is 6.97. The second-order valence-electron chi connectivity index (χ2n) is 10.2. The lowest BCUT2D eigenvalue weighted by atomic mass is 9.96. The molecular weight excluding hydrogens is 567 g/mol. The van der Waals surface area contributed by atoms with Crippen molar-refractivity contribution in [1.82, 2.24) is 19.6 Å². The van der Waals surface area contributed by atoms with Crippen LogP contribution in [0.15, 0.2) is 109 Å². The van der Waals surface area contributed by atoms with Crippen molar-refractivity contribution < 1.29 is 9.53 Å². The maximum absolute atomic E-state index is 14.1. The van der Waals surface area contributed by atoms with E-state index in [1.165, 1.54) is 11.1 Å². The average Bonchev–Trinajstić information content (AvgIpc) is 3.49. The van der Waals surface area contributed by atoms with Crippen LogP contribution in [0.5, 0.6) is 5.75 Å². The number of rotatable bonds is 7. The zero-order chi connectivity index (χ0) is 29.1. The first-order chi connectivity index (χ1) is 20.5. The molecule has 42 heavy (non-hydrogen) atoms. The van der Waals surface area contributed by atoms with Gasteiger partial charge >= 0.3 is 0 Å². The lowest BCUT2D eigenvalue weighted by Crippen LogP contribution is -2.50. The highest BCUT2D eigenvalue weighted by atomic mass is 35.5. The van der Waals surface area contributed by atoms with E-state index >= 15 is 0 Å². The number of ether oxygens (including phenoxy) is 1. The maximum atomic E-state index is 14.1. The van der Waals surface area contributed by atoms with Crippen molar-refractivity contribution in [3.05, 3.63) is 136 Å². The number of benzene rings is 4. The molecule has 0 aliphatic carbocycles. The largest absolute Gasteiger partial charge is 0.497 e. The van der Waals surface area contributed by atoms with Gasteiger partial charge in [0.05, 0.1) is 34.6 Å². The fourth-order valence-electron chi connectivity index (χ4n) is 5.48. The highest BCUT2D eigenvalue weighted by molar-refractivity contribution is 6.42. The molecule has 0 bridgehead atoms. The summed E-state index contributed by atoms with van der Waals surface area (Å²) in [6, 6.07) is 35.9. The van der Waals surface area contributed by atoms with Gasteiger partial charge in [0.1, 0.15) is 11.4 Å². The molecule has 1 aliphatic rings. The number of aromatic nitrogens is 2. The lowest BCUT2D eigenvalue weighted by Gasteiger charge is -2.39. The van der Waals surface area contributed by atoms with Gasteiger partial charge in [-0.25, -0.2) is 4.68 Å². The summed E-state index contributed by atoms with van der Waals surface area (Å²) in [5.74, 6) is 0.671. The molecule has 8 heteroatoms. The van der Waals surface area contributed by atoms with Gasteiger partial charge in [-0.3, -0.25) is 9.69 Å². The van der Waals surface area contributed by atoms with Crippen LogP contribution in [0, 0.1) is 0 Å². The van der Waals surface area contributed by atoms with E-state index in [4.69, 9.17) is 33.0 Å². The third-order valence-electron chi connectivity index (χ3n) is 7.66. The first-order valence-corrected chi connectivity index (χ1v) is 14.6. The number of carbonyl (C=O) groups excluding carboxylic acids is 1. The van der Waals surface area contributed by atoms with Gasteiger partial charge < -0.3 is 9.64 Å². The Kier molecular flexibility index (Phi) is 8.29. The van der Waals surface area contributed by atoms with E-state index in [1.54, 1.807) is 23.9 Å². The van der Waals surface area contributed by atoms with Gasteiger partial charge in [0, 0.05) is 31.7 Å². The maximum Gasteiger partial charge on any atom is 0.272 e. The monoisotopic (exact) mass is 596 g/mol. The molecule has 2 heterocycles. The molecule has 4 aromatic carbocycles. The summed E-state index contributed by atoms with van der Waals surface area (Å²) in [7, 11) is 1.63. The van der Waals surface area contributed by atoms with E-state index in [0.29, 0.717) is 40.2 Å². The highest BCUT2D eigenvalue weighted by Crippen LogP contribution is 2.31. The van der Waals surface area contributed by atoms with Gasteiger partial charge in [-0.1, -0.05) is 83.9 Å². The van der Waals surface area contributed by atoms with Gasteiger partial charge in [-0.15, -0.1) is 0 Å². The van der Waals surface area contributed by atoms with Crippen molar-refractivity contribution in [2.75, 3.05) is 33.3 Å². The van der Waals surface area contributed by atoms with Crippen molar-refractivity contribution in [2.24, 2.45) is 0 Å². The van der Waals surface area contributed by atoms with E-state index in [-0.39, 0.29) is 11.9 Å². The smallest absolute Gasteiger partial charge is 0.272 e. The van der Waals surface area contributed by atoms with Crippen LogP contribution in [0.3, 0.4) is 0 Å². The molecule has 1 aromatic heterocycles. The van der Waals surface area contributed by atoms with Crippen LogP contribution in [0.2, 0.25) is 10.0 Å². The lowest BCUT2D eigenvalue weighted by molar-refractivity contribution is 0.0588. The van der Waals surface area contributed by atoms with E-state index in [0.717, 1.165) is 24.4 Å². The molecule has 1 saturated heterocycles. The first kappa shape index (κ1) is 28.0. The Labute approximate surface area is 255 Å². The second-order valence-corrected chi connectivity index (χ2v) is 11.0. The van der Waals surface area contributed by atoms with E-state index in [2.05, 4.69) is 53.4 Å². The normalized spacial score (nSPS) is 13.9. The van der Waals surface area contributed by atoms with Crippen molar-refractivity contribution in [1.29, 1.82) is 0 Å². The van der Waals surface area contributed by atoms with Gasteiger partial charge in [0.2, 0.25) is 0 Å². The standard InChI is InChI=1S/C34H30Cl2N4O2/c1-42-28-15-12-24(13-16-28)31-23-32(40(37-31)27-14-17-29(35)30(36)22-27)34(41)39-20-18-38(19-21-39)33(25-8-4-2-5-9-25)26-10-6-3-7-11-26/h2-17,22-23,33H,18-21H2,1H3. The fraction of sp³-hybridized carbons (Fsp3) is 0.176. The predicted octanol–water partition coefficient (Wildman–Crippen LogP) is 7.40. The average molecular weight is 598 g/mol. The van der Waals surface area contributed by atoms with Crippen LogP contribution in [0.1, 0.15) is 27.7 Å². The minimum absolute atomic E-state index is 0.0797. The Morgan fingerprint density at radius 2 is 1.38 bits per heavy atom. The molecule has 6 nitrogen and oxygen atoms in total. The molecule has 0 N–H and O–H groups in total. The molecule has 1 fully saturated rings. The van der Waals surface area contributed by atoms with Crippen LogP contribution in [-0.4, -0.2) is 58.8 Å². The molecule has 6 rings (SSSR count). The minimum Gasteiger partial charge on any atom is -0.497 e. The summed E-state index contributed by atoms with van der Waals surface area (Å²) in [6.07, 6.45) is 0. The SMILES string of the molecule is COc1ccc(-c2cc(C(=O)N3CCN(C(c4ccccc4)c4ccccc4)CC3)n(-c3ccc(Cl)c(Cl)c3)n2)cc1. The summed E-state index contributed by atoms with van der Waals surface area (Å²) in [5, 5.41) is 5.67. The predicted molar refractivity (Wildman–Crippen MR) is 168 cm³/mol. The summed E-state index contributed by atoms with van der Waals surface area (Å²) >= 11 is 12.6. The van der Waals surface area contributed by atoms with Gasteiger partial charge in [-0.05, 0) is 59.7 Å². The Balaban J connectivity index is 1.28. The number of methoxy groups -OCH3 is 1. The molecule has 0 spiro atoms. The van der Waals surface area contributed by atoms with Gasteiger partial charge in [-0.2, -0.15) is 5.10 Å². The Bertz CT molecular complexity index is 1630. The van der Waals surface area contributed by atoms with E-state index in [1.807, 2.05) is 53.4 Å². The molecule has 5 aromatic rings. The van der Waals surface area contributed by atoms with E-state index < -0.39 is 0 Å². The zero-order valence-corrected chi connectivity index (χ0v) is 24.7. The molecule has 0 saturated carbocycles. The number of hydrogen-bond acceptors (Lipinski definition) is 4. The number of amides is 1. The van der Waals surface area contributed by atoms with Crippen molar-refractivity contribution in [3.63, 3.8) is 0 Å². The second kappa shape index (κ2) is 12.4. The Hall–Kier alpha value is -4.10. The van der Waals surface area contributed by atoms with Crippen molar-refractivity contribution in [3.8, 4) is 22.7 Å². The summed E-state index contributed by atoms with van der Waals surface area (Å²) in [6.45, 7) is 2.68. The van der Waals surface area contributed by atoms with Crippen LogP contribution >= 0.6 is 23.2 Å². The van der Waals surface area contributed by atoms with Crippen LogP contribution < -0.4 is 4.74 Å². The van der Waals surface area contributed by atoms with Gasteiger partial charge in [0.25, 0.3) is 5.91 Å². The Morgan fingerprint density at radius 3 is 1.95 bits per heavy atom. The van der Waals surface area contributed by atoms with Crippen molar-refractivity contribution >= 4 is 29.1 Å². The first-order valence-electron chi connectivity index (χ1n) is 13.8. The van der Waals surface area contributed by atoms with Crippen LogP contribution in [-0.2, 0) is 0 Å². The number of nitrogens with zero attached hydrogens (tertiary/aromatic N) is 4. The number of piperazine rings is 1. The third kappa shape index (κ3) is 5.79. The quantitative estimate of drug-likeness (QED) is 0.196. The van der Waals surface area contributed by atoms with Crippen LogP contribution in [0.25, 0.3) is 16.9 Å². The summed E-state index contributed by atoms with van der Waals surface area (Å²) in [5.41, 5.74) is 5.17. The third-order valence-corrected chi connectivity index (χ3v) is 8.40. The number of halogens is 2. The molecule has 0 atom stereocenters. The number of carbonyl (C=O) groups is 1. The van der Waals surface area contributed by atoms with Crippen molar-refractivity contribution in [2.45, 2.75) is 6.04 Å². The molecule has 1 amide bonds. The van der Waals surface area contributed by atoms with Crippen LogP contribution in [0.4, 0.5) is 0 Å². The summed E-state index contributed by atoms with van der Waals surface area (Å²) in [4.78, 5) is 18.4. The molecule has 1 aliphatic heterocycles. The molecule has 0 radical (unpaired) electrons. The fourth-order valence-corrected chi connectivity index (χ4v) is 5.77. The molecular formula is C34H30Cl2N4O2. The van der Waals surface area contributed by atoms with E-state index in [9.17, 15) is 4.79 Å².